The Hall–Kier alpha value is -10.6. The van der Waals surface area contributed by atoms with E-state index >= 15 is 0 Å². The van der Waals surface area contributed by atoms with Crippen molar-refractivity contribution in [2.45, 2.75) is 0 Å². The molecule has 0 saturated heterocycles. The van der Waals surface area contributed by atoms with E-state index in [1.54, 1.807) is 0 Å². The standard InChI is InChI=1S/C69H41N7/c70-42-54-62(75-56-32-16-11-26-47(56)49-36-38-60-64(67(49)75)52-29-13-18-34-58(52)73(60)45-22-6-2-7-23-45)40-44(66-51-28-10-15-31-55(51)71-69(72-66)43-20-4-1-5-21-43)41-63(54)76-57-33-17-12-27-48(57)50-37-39-61-65(68(50)76)53-30-14-19-35-59(53)74(61)46-24-8-3-9-25-46/h1-41H. The molecule has 0 saturated carbocycles. The molecule has 16 rings (SSSR count). The molecule has 0 radical (unpaired) electrons. The zero-order chi connectivity index (χ0) is 50.0. The molecule has 0 bridgehead atoms. The Labute approximate surface area is 435 Å². The highest BCUT2D eigenvalue weighted by molar-refractivity contribution is 6.28. The lowest BCUT2D eigenvalue weighted by Crippen LogP contribution is -2.06. The van der Waals surface area contributed by atoms with Gasteiger partial charge in [0, 0.05) is 71.0 Å². The van der Waals surface area contributed by atoms with Crippen LogP contribution in [0.3, 0.4) is 0 Å². The van der Waals surface area contributed by atoms with Gasteiger partial charge in [-0.3, -0.25) is 0 Å². The van der Waals surface area contributed by atoms with Gasteiger partial charge in [-0.05, 0) is 78.9 Å². The van der Waals surface area contributed by atoms with E-state index in [1.165, 1.54) is 0 Å². The summed E-state index contributed by atoms with van der Waals surface area (Å²) in [6.07, 6.45) is 0. The van der Waals surface area contributed by atoms with Crippen LogP contribution >= 0.6 is 0 Å². The molecule has 352 valence electrons. The van der Waals surface area contributed by atoms with Crippen LogP contribution in [0.2, 0.25) is 0 Å². The molecule has 0 aliphatic heterocycles. The molecule has 0 unspecified atom stereocenters. The molecule has 0 atom stereocenters. The molecule has 0 aliphatic rings. The van der Waals surface area contributed by atoms with E-state index in [9.17, 15) is 5.26 Å². The summed E-state index contributed by atoms with van der Waals surface area (Å²) in [4.78, 5) is 10.7. The van der Waals surface area contributed by atoms with Crippen molar-refractivity contribution in [3.63, 3.8) is 0 Å². The lowest BCUT2D eigenvalue weighted by Gasteiger charge is -2.19. The van der Waals surface area contributed by atoms with Gasteiger partial charge in [0.1, 0.15) is 11.6 Å². The number of para-hydroxylation sites is 7. The highest BCUT2D eigenvalue weighted by Crippen LogP contribution is 2.47. The van der Waals surface area contributed by atoms with Gasteiger partial charge in [-0.1, -0.05) is 170 Å². The number of aromatic nitrogens is 6. The van der Waals surface area contributed by atoms with Gasteiger partial charge in [0.2, 0.25) is 0 Å². The number of rotatable bonds is 6. The van der Waals surface area contributed by atoms with Crippen LogP contribution in [0, 0.1) is 11.3 Å². The fourth-order valence-corrected chi connectivity index (χ4v) is 12.5. The van der Waals surface area contributed by atoms with Crippen molar-refractivity contribution in [3.8, 4) is 51.5 Å². The molecule has 7 heteroatoms. The van der Waals surface area contributed by atoms with Crippen LogP contribution in [0.25, 0.3) is 144 Å². The summed E-state index contributed by atoms with van der Waals surface area (Å²) >= 11 is 0. The first-order valence-electron chi connectivity index (χ1n) is 25.6. The second-order valence-corrected chi connectivity index (χ2v) is 19.6. The molecule has 5 heterocycles. The van der Waals surface area contributed by atoms with Crippen molar-refractivity contribution < 1.29 is 0 Å². The van der Waals surface area contributed by atoms with Crippen molar-refractivity contribution in [1.29, 1.82) is 5.26 Å². The van der Waals surface area contributed by atoms with E-state index in [1.807, 2.05) is 24.3 Å². The Bertz CT molecular complexity index is 4860. The Kier molecular flexibility index (Phi) is 8.97. The second-order valence-electron chi connectivity index (χ2n) is 19.6. The number of hydrogen-bond donors (Lipinski definition) is 0. The lowest BCUT2D eigenvalue weighted by molar-refractivity contribution is 1.12. The molecule has 0 amide bonds. The molecule has 76 heavy (non-hydrogen) atoms. The van der Waals surface area contributed by atoms with Crippen LogP contribution in [0.1, 0.15) is 5.56 Å². The molecule has 0 fully saturated rings. The third kappa shape index (κ3) is 5.92. The van der Waals surface area contributed by atoms with Gasteiger partial charge in [-0.25, -0.2) is 9.97 Å². The fourth-order valence-electron chi connectivity index (χ4n) is 12.5. The van der Waals surface area contributed by atoms with Gasteiger partial charge in [0.25, 0.3) is 0 Å². The predicted octanol–water partition coefficient (Wildman–Crippen LogP) is 17.2. The third-order valence-corrected chi connectivity index (χ3v) is 15.6. The minimum Gasteiger partial charge on any atom is -0.309 e. The largest absolute Gasteiger partial charge is 0.309 e. The molecule has 0 aliphatic carbocycles. The average Bonchev–Trinajstić information content (AvgIpc) is 4.34. The summed E-state index contributed by atoms with van der Waals surface area (Å²) in [7, 11) is 0. The SMILES string of the molecule is N#Cc1c(-n2c3ccccc3c3ccc4c(c5ccccc5n4-c4ccccc4)c32)cc(-c2nc(-c3ccccc3)nc3ccccc23)cc1-n1c2ccccc2c2ccc3c(c4ccccc4n3-c3ccccc3)c21. The molecule has 0 spiro atoms. The number of benzene rings is 11. The summed E-state index contributed by atoms with van der Waals surface area (Å²) < 4.78 is 9.47. The van der Waals surface area contributed by atoms with Crippen molar-refractivity contribution in [2.75, 3.05) is 0 Å². The van der Waals surface area contributed by atoms with Gasteiger partial charge in [-0.15, -0.1) is 0 Å². The van der Waals surface area contributed by atoms with E-state index in [-0.39, 0.29) is 0 Å². The molecular formula is C69H41N7. The normalized spacial score (nSPS) is 11.9. The van der Waals surface area contributed by atoms with E-state index in [4.69, 9.17) is 9.97 Å². The zero-order valence-corrected chi connectivity index (χ0v) is 40.8. The molecule has 7 nitrogen and oxygen atoms in total. The summed E-state index contributed by atoms with van der Waals surface area (Å²) in [5.41, 5.74) is 16.0. The van der Waals surface area contributed by atoms with Gasteiger partial charge < -0.3 is 18.3 Å². The van der Waals surface area contributed by atoms with Crippen LogP contribution in [-0.2, 0) is 0 Å². The van der Waals surface area contributed by atoms with Crippen molar-refractivity contribution in [2.24, 2.45) is 0 Å². The molecule has 16 aromatic rings. The van der Waals surface area contributed by atoms with Crippen LogP contribution in [-0.4, -0.2) is 28.2 Å². The van der Waals surface area contributed by atoms with Gasteiger partial charge >= 0.3 is 0 Å². The Balaban J connectivity index is 1.12. The maximum absolute atomic E-state index is 12.3. The fraction of sp³-hybridized carbons (Fsp3) is 0. The maximum Gasteiger partial charge on any atom is 0.160 e. The third-order valence-electron chi connectivity index (χ3n) is 15.6. The first kappa shape index (κ1) is 42.0. The summed E-state index contributed by atoms with van der Waals surface area (Å²) in [5, 5.41) is 22.0. The molecule has 5 aromatic heterocycles. The minimum atomic E-state index is 0.531. The van der Waals surface area contributed by atoms with Crippen molar-refractivity contribution >= 4 is 98.1 Å². The van der Waals surface area contributed by atoms with Crippen molar-refractivity contribution in [1.82, 2.24) is 28.2 Å². The number of fused-ring (bicyclic) bond motifs is 15. The molecule has 0 N–H and O–H groups in total. The Morgan fingerprint density at radius 2 is 0.724 bits per heavy atom. The number of nitrogens with zero attached hydrogens (tertiary/aromatic N) is 7. The zero-order valence-electron chi connectivity index (χ0n) is 40.8. The first-order valence-corrected chi connectivity index (χ1v) is 25.6. The van der Waals surface area contributed by atoms with Gasteiger partial charge in [-0.2, -0.15) is 5.26 Å². The van der Waals surface area contributed by atoms with Crippen LogP contribution in [0.5, 0.6) is 0 Å². The van der Waals surface area contributed by atoms with Crippen LogP contribution in [0.15, 0.2) is 249 Å². The average molecular weight is 968 g/mol. The highest BCUT2D eigenvalue weighted by Gasteiger charge is 2.28. The molecular weight excluding hydrogens is 927 g/mol. The number of hydrogen-bond acceptors (Lipinski definition) is 3. The summed E-state index contributed by atoms with van der Waals surface area (Å²) in [6, 6.07) is 90.7. The minimum absolute atomic E-state index is 0.531. The first-order chi connectivity index (χ1) is 37.7. The predicted molar refractivity (Wildman–Crippen MR) is 312 cm³/mol. The Morgan fingerprint density at radius 3 is 1.21 bits per heavy atom. The molecule has 11 aromatic carbocycles. The maximum atomic E-state index is 12.3. The quantitative estimate of drug-likeness (QED) is 0.167. The summed E-state index contributed by atoms with van der Waals surface area (Å²) in [6.45, 7) is 0. The number of nitriles is 1. The van der Waals surface area contributed by atoms with E-state index < -0.39 is 0 Å². The topological polar surface area (TPSA) is 69.3 Å². The smallest absolute Gasteiger partial charge is 0.160 e. The van der Waals surface area contributed by atoms with Gasteiger partial charge in [0.15, 0.2) is 5.82 Å². The second kappa shape index (κ2) is 16.2. The highest BCUT2D eigenvalue weighted by atomic mass is 15.0. The lowest BCUT2D eigenvalue weighted by atomic mass is 10.00. The Morgan fingerprint density at radius 1 is 0.316 bits per heavy atom. The van der Waals surface area contributed by atoms with Crippen molar-refractivity contribution in [3.05, 3.63) is 254 Å². The van der Waals surface area contributed by atoms with Gasteiger partial charge in [0.05, 0.1) is 66.7 Å². The van der Waals surface area contributed by atoms with Crippen LogP contribution in [0.4, 0.5) is 0 Å². The van der Waals surface area contributed by atoms with Crippen LogP contribution < -0.4 is 0 Å². The monoisotopic (exact) mass is 967 g/mol. The van der Waals surface area contributed by atoms with E-state index in [0.717, 1.165) is 138 Å². The van der Waals surface area contributed by atoms with E-state index in [0.29, 0.717) is 11.4 Å². The van der Waals surface area contributed by atoms with E-state index in [2.05, 4.69) is 249 Å². The summed E-state index contributed by atoms with van der Waals surface area (Å²) in [5.74, 6) is 0.626.